The molecule has 5 N–H and O–H groups in total. The van der Waals surface area contributed by atoms with Crippen molar-refractivity contribution in [2.45, 2.75) is 75.8 Å². The van der Waals surface area contributed by atoms with Crippen molar-refractivity contribution in [1.82, 2.24) is 0 Å². The number of rotatable bonds is 8. The van der Waals surface area contributed by atoms with Gasteiger partial charge in [0.05, 0.1) is 0 Å². The van der Waals surface area contributed by atoms with E-state index in [1.165, 1.54) is 0 Å². The Bertz CT molecular complexity index is 337. The van der Waals surface area contributed by atoms with Crippen molar-refractivity contribution in [2.75, 3.05) is 6.61 Å². The number of aliphatic hydroxyl groups excluding tert-OH is 5. The van der Waals surface area contributed by atoms with E-state index in [1.807, 2.05) is 0 Å². The summed E-state index contributed by atoms with van der Waals surface area (Å²) in [6, 6.07) is 0. The van der Waals surface area contributed by atoms with Crippen molar-refractivity contribution in [1.29, 1.82) is 0 Å². The molecule has 0 aromatic rings. The van der Waals surface area contributed by atoms with Gasteiger partial charge >= 0.3 is 5.97 Å². The van der Waals surface area contributed by atoms with Crippen LogP contribution in [0.4, 0.5) is 0 Å². The lowest BCUT2D eigenvalue weighted by Gasteiger charge is -2.37. The third-order valence-corrected chi connectivity index (χ3v) is 3.68. The van der Waals surface area contributed by atoms with E-state index >= 15 is 0 Å². The predicted molar refractivity (Wildman–Crippen MR) is 74.6 cm³/mol. The van der Waals surface area contributed by atoms with E-state index in [1.54, 1.807) is 0 Å². The first-order valence-corrected chi connectivity index (χ1v) is 7.60. The van der Waals surface area contributed by atoms with Gasteiger partial charge in [0, 0.05) is 0 Å². The highest BCUT2D eigenvalue weighted by atomic mass is 16.7. The lowest BCUT2D eigenvalue weighted by Crippen LogP contribution is -2.58. The zero-order valence-electron chi connectivity index (χ0n) is 12.7. The molecule has 6 atom stereocenters. The second-order valence-electron chi connectivity index (χ2n) is 5.53. The normalized spacial score (nSPS) is 33.5. The first-order chi connectivity index (χ1) is 10.4. The van der Waals surface area contributed by atoms with Crippen molar-refractivity contribution in [3.05, 3.63) is 0 Å². The highest BCUT2D eigenvalue weighted by Crippen LogP contribution is 2.20. The summed E-state index contributed by atoms with van der Waals surface area (Å²) < 4.78 is 9.69. The fraction of sp³-hybridized carbons (Fsp3) is 0.929. The summed E-state index contributed by atoms with van der Waals surface area (Å²) in [7, 11) is 0. The van der Waals surface area contributed by atoms with Crippen LogP contribution in [-0.4, -0.2) is 74.9 Å². The number of ether oxygens (including phenoxy) is 2. The van der Waals surface area contributed by atoms with Crippen LogP contribution in [-0.2, 0) is 14.3 Å². The van der Waals surface area contributed by atoms with E-state index in [0.29, 0.717) is 6.42 Å². The van der Waals surface area contributed by atoms with Gasteiger partial charge in [-0.2, -0.15) is 0 Å². The Morgan fingerprint density at radius 3 is 2.41 bits per heavy atom. The number of hydrogen-bond donors (Lipinski definition) is 5. The summed E-state index contributed by atoms with van der Waals surface area (Å²) in [6.45, 7) is 1.62. The molecule has 0 bridgehead atoms. The van der Waals surface area contributed by atoms with Crippen LogP contribution in [0.3, 0.4) is 0 Å². The molecule has 2 unspecified atom stereocenters. The van der Waals surface area contributed by atoms with Crippen molar-refractivity contribution in [2.24, 2.45) is 0 Å². The first kappa shape index (κ1) is 19.3. The smallest absolute Gasteiger partial charge is 0.335 e. The molecular formula is C14H26O8. The molecule has 1 fully saturated rings. The summed E-state index contributed by atoms with van der Waals surface area (Å²) in [5, 5.41) is 47.5. The van der Waals surface area contributed by atoms with E-state index in [-0.39, 0.29) is 6.42 Å². The van der Waals surface area contributed by atoms with Gasteiger partial charge in [0.25, 0.3) is 0 Å². The second-order valence-corrected chi connectivity index (χ2v) is 5.53. The molecule has 1 aliphatic heterocycles. The quantitative estimate of drug-likeness (QED) is 0.274. The van der Waals surface area contributed by atoms with Crippen LogP contribution < -0.4 is 0 Å². The van der Waals surface area contributed by atoms with Gasteiger partial charge in [0.2, 0.25) is 0 Å². The number of carbonyl (C=O) groups is 1. The van der Waals surface area contributed by atoms with Crippen LogP contribution in [0.2, 0.25) is 0 Å². The highest BCUT2D eigenvalue weighted by Gasteiger charge is 2.43. The molecule has 8 nitrogen and oxygen atoms in total. The van der Waals surface area contributed by atoms with Crippen molar-refractivity contribution >= 4 is 5.97 Å². The van der Waals surface area contributed by atoms with Gasteiger partial charge in [-0.3, -0.25) is 0 Å². The molecule has 130 valence electrons. The topological polar surface area (TPSA) is 137 Å². The maximum atomic E-state index is 11.6. The van der Waals surface area contributed by atoms with E-state index in [9.17, 15) is 30.3 Å². The van der Waals surface area contributed by atoms with Gasteiger partial charge in [0.1, 0.15) is 31.0 Å². The minimum absolute atomic E-state index is 0.289. The molecule has 1 aliphatic rings. The Kier molecular flexibility index (Phi) is 8.23. The molecule has 1 heterocycles. The van der Waals surface area contributed by atoms with Crippen LogP contribution in [0.25, 0.3) is 0 Å². The molecule has 22 heavy (non-hydrogen) atoms. The zero-order valence-corrected chi connectivity index (χ0v) is 12.7. The number of esters is 1. The molecular weight excluding hydrogens is 296 g/mol. The zero-order chi connectivity index (χ0) is 16.7. The molecule has 0 aliphatic carbocycles. The number of carbonyl (C=O) groups excluding carboxylic acids is 1. The lowest BCUT2D eigenvalue weighted by molar-refractivity contribution is -0.287. The Labute approximate surface area is 129 Å². The molecule has 0 amide bonds. The maximum absolute atomic E-state index is 11.6. The molecule has 0 spiro atoms. The van der Waals surface area contributed by atoms with E-state index in [0.717, 1.165) is 19.3 Å². The average Bonchev–Trinajstić information content (AvgIpc) is 2.51. The average molecular weight is 322 g/mol. The molecule has 0 radical (unpaired) electrons. The predicted octanol–water partition coefficient (Wildman–Crippen LogP) is -1.34. The van der Waals surface area contributed by atoms with E-state index in [4.69, 9.17) is 9.47 Å². The Hall–Kier alpha value is -0.770. The standard InChI is InChI=1S/C14H26O8/c1-2-3-4-5-6-8(15)13(19)21-7-9-10(16)11(17)12(18)14(20)22-9/h8-12,14-18,20H,2-7H2,1H3/t8?,9-,10-,11+,12-,14?/m1/s1. The van der Waals surface area contributed by atoms with Crippen molar-refractivity contribution in [3.63, 3.8) is 0 Å². The van der Waals surface area contributed by atoms with E-state index in [2.05, 4.69) is 6.92 Å². The van der Waals surface area contributed by atoms with Crippen molar-refractivity contribution < 1.29 is 39.8 Å². The van der Waals surface area contributed by atoms with Gasteiger partial charge in [-0.05, 0) is 6.42 Å². The molecule has 8 heteroatoms. The van der Waals surface area contributed by atoms with Crippen LogP contribution in [0, 0.1) is 0 Å². The second kappa shape index (κ2) is 9.39. The summed E-state index contributed by atoms with van der Waals surface area (Å²) >= 11 is 0. The van der Waals surface area contributed by atoms with Gasteiger partial charge < -0.3 is 35.0 Å². The molecule has 1 saturated heterocycles. The van der Waals surface area contributed by atoms with Crippen LogP contribution in [0.1, 0.15) is 39.0 Å². The molecule has 1 rings (SSSR count). The number of unbranched alkanes of at least 4 members (excludes halogenated alkanes) is 3. The minimum atomic E-state index is -1.68. The summed E-state index contributed by atoms with van der Waals surface area (Å²) in [5.41, 5.74) is 0. The van der Waals surface area contributed by atoms with Gasteiger partial charge in [-0.25, -0.2) is 4.79 Å². The molecule has 0 aromatic carbocycles. The van der Waals surface area contributed by atoms with Crippen LogP contribution in [0.5, 0.6) is 0 Å². The number of aliphatic hydroxyl groups is 5. The Morgan fingerprint density at radius 1 is 1.09 bits per heavy atom. The highest BCUT2D eigenvalue weighted by molar-refractivity contribution is 5.74. The van der Waals surface area contributed by atoms with E-state index < -0.39 is 49.4 Å². The largest absolute Gasteiger partial charge is 0.461 e. The first-order valence-electron chi connectivity index (χ1n) is 7.60. The summed E-state index contributed by atoms with van der Waals surface area (Å²) in [6.07, 6.45) is -4.86. The maximum Gasteiger partial charge on any atom is 0.335 e. The summed E-state index contributed by atoms with van der Waals surface area (Å²) in [4.78, 5) is 11.6. The summed E-state index contributed by atoms with van der Waals surface area (Å²) in [5.74, 6) is -0.845. The molecule has 0 saturated carbocycles. The van der Waals surface area contributed by atoms with Gasteiger partial charge in [-0.1, -0.05) is 32.6 Å². The third kappa shape index (κ3) is 5.45. The van der Waals surface area contributed by atoms with Gasteiger partial charge in [0.15, 0.2) is 12.4 Å². The minimum Gasteiger partial charge on any atom is -0.461 e. The number of hydrogen-bond acceptors (Lipinski definition) is 8. The molecule has 0 aromatic heterocycles. The van der Waals surface area contributed by atoms with Gasteiger partial charge in [-0.15, -0.1) is 0 Å². The van der Waals surface area contributed by atoms with Crippen molar-refractivity contribution in [3.8, 4) is 0 Å². The fourth-order valence-corrected chi connectivity index (χ4v) is 2.21. The SMILES string of the molecule is CCCCCCC(O)C(=O)OC[C@H]1OC(O)[C@H](O)[C@@H](O)[C@@H]1O. The third-order valence-electron chi connectivity index (χ3n) is 3.68. The lowest BCUT2D eigenvalue weighted by atomic mass is 9.99. The van der Waals surface area contributed by atoms with Crippen LogP contribution >= 0.6 is 0 Å². The Balaban J connectivity index is 2.33. The van der Waals surface area contributed by atoms with Crippen LogP contribution in [0.15, 0.2) is 0 Å². The monoisotopic (exact) mass is 322 g/mol. The Morgan fingerprint density at radius 2 is 1.77 bits per heavy atom. The fourth-order valence-electron chi connectivity index (χ4n) is 2.21.